The van der Waals surface area contributed by atoms with E-state index in [1.54, 1.807) is 6.33 Å². The third-order valence-corrected chi connectivity index (χ3v) is 4.05. The normalized spacial score (nSPS) is 22.8. The van der Waals surface area contributed by atoms with Crippen LogP contribution >= 0.6 is 0 Å². The van der Waals surface area contributed by atoms with Crippen molar-refractivity contribution in [3.63, 3.8) is 0 Å². The number of hydrogen-bond acceptors (Lipinski definition) is 4. The second-order valence-electron chi connectivity index (χ2n) is 5.85. The van der Waals surface area contributed by atoms with Gasteiger partial charge in [-0.05, 0) is 24.7 Å². The molecule has 20 heavy (non-hydrogen) atoms. The molecule has 1 aromatic heterocycles. The summed E-state index contributed by atoms with van der Waals surface area (Å²) in [5.74, 6) is 0.460. The fourth-order valence-electron chi connectivity index (χ4n) is 2.80. The molecule has 2 rings (SSSR count). The Kier molecular flexibility index (Phi) is 4.93. The molecule has 0 aromatic carbocycles. The van der Waals surface area contributed by atoms with Gasteiger partial charge in [0, 0.05) is 18.3 Å². The highest BCUT2D eigenvalue weighted by Gasteiger charge is 2.30. The van der Waals surface area contributed by atoms with E-state index in [1.165, 1.54) is 0 Å². The van der Waals surface area contributed by atoms with Crippen LogP contribution in [0, 0.1) is 11.8 Å². The van der Waals surface area contributed by atoms with Crippen molar-refractivity contribution >= 4 is 11.8 Å². The van der Waals surface area contributed by atoms with E-state index in [4.69, 9.17) is 0 Å². The molecular weight excluding hydrogens is 254 g/mol. The summed E-state index contributed by atoms with van der Waals surface area (Å²) in [5.41, 5.74) is 1.00. The average Bonchev–Trinajstić information content (AvgIpc) is 2.45. The quantitative estimate of drug-likeness (QED) is 0.865. The van der Waals surface area contributed by atoms with Crippen molar-refractivity contribution in [1.29, 1.82) is 0 Å². The molecule has 1 saturated carbocycles. The summed E-state index contributed by atoms with van der Waals surface area (Å²) >= 11 is 0. The summed E-state index contributed by atoms with van der Waals surface area (Å²) in [5, 5.41) is 12.5. The number of carboxylic acids is 1. The number of carbonyl (C=O) groups is 1. The Morgan fingerprint density at radius 1 is 1.40 bits per heavy atom. The molecule has 1 fully saturated rings. The van der Waals surface area contributed by atoms with Crippen molar-refractivity contribution in [1.82, 2.24) is 9.97 Å². The van der Waals surface area contributed by atoms with Crippen LogP contribution in [0.25, 0.3) is 0 Å². The molecule has 0 saturated heterocycles. The van der Waals surface area contributed by atoms with E-state index in [0.717, 1.165) is 37.2 Å². The van der Waals surface area contributed by atoms with Crippen molar-refractivity contribution in [3.05, 3.63) is 18.1 Å². The monoisotopic (exact) mass is 277 g/mol. The first-order valence-electron chi connectivity index (χ1n) is 7.36. The summed E-state index contributed by atoms with van der Waals surface area (Å²) in [7, 11) is 0. The number of anilines is 1. The molecule has 5 heteroatoms. The first-order valence-corrected chi connectivity index (χ1v) is 7.36. The zero-order valence-corrected chi connectivity index (χ0v) is 12.2. The predicted octanol–water partition coefficient (Wildman–Crippen LogP) is 2.90. The van der Waals surface area contributed by atoms with Crippen LogP contribution in [0.2, 0.25) is 0 Å². The minimum atomic E-state index is -0.665. The largest absolute Gasteiger partial charge is 0.481 e. The summed E-state index contributed by atoms with van der Waals surface area (Å²) in [6.45, 7) is 4.85. The van der Waals surface area contributed by atoms with Gasteiger partial charge in [-0.15, -0.1) is 0 Å². The predicted molar refractivity (Wildman–Crippen MR) is 77.7 cm³/mol. The van der Waals surface area contributed by atoms with Gasteiger partial charge in [-0.1, -0.05) is 26.7 Å². The van der Waals surface area contributed by atoms with Crippen molar-refractivity contribution in [2.75, 3.05) is 11.9 Å². The highest BCUT2D eigenvalue weighted by Crippen LogP contribution is 2.30. The van der Waals surface area contributed by atoms with Gasteiger partial charge < -0.3 is 10.4 Å². The molecule has 1 aliphatic carbocycles. The zero-order chi connectivity index (χ0) is 14.5. The molecular formula is C15H23N3O2. The number of aromatic nitrogens is 2. The lowest BCUT2D eigenvalue weighted by Gasteiger charge is -2.28. The van der Waals surface area contributed by atoms with Crippen LogP contribution in [0.15, 0.2) is 12.4 Å². The first-order chi connectivity index (χ1) is 9.58. The number of carboxylic acid groups (broad SMARTS) is 1. The van der Waals surface area contributed by atoms with Gasteiger partial charge in [-0.3, -0.25) is 4.79 Å². The molecule has 2 N–H and O–H groups in total. The Balaban J connectivity index is 1.96. The maximum Gasteiger partial charge on any atom is 0.306 e. The Labute approximate surface area is 119 Å². The number of nitrogens with zero attached hydrogens (tertiary/aromatic N) is 2. The van der Waals surface area contributed by atoms with Crippen molar-refractivity contribution in [3.8, 4) is 0 Å². The Bertz CT molecular complexity index is 462. The maximum absolute atomic E-state index is 11.3. The number of hydrogen-bond donors (Lipinski definition) is 2. The lowest BCUT2D eigenvalue weighted by atomic mass is 9.79. The molecule has 0 spiro atoms. The molecule has 0 radical (unpaired) electrons. The Hall–Kier alpha value is -1.65. The minimum absolute atomic E-state index is 0.193. The zero-order valence-electron chi connectivity index (χ0n) is 12.2. The molecule has 0 bridgehead atoms. The van der Waals surface area contributed by atoms with E-state index in [2.05, 4.69) is 29.1 Å². The molecule has 2 atom stereocenters. The lowest BCUT2D eigenvalue weighted by molar-refractivity contribution is -0.144. The fourth-order valence-corrected chi connectivity index (χ4v) is 2.80. The van der Waals surface area contributed by atoms with E-state index < -0.39 is 5.97 Å². The molecule has 5 nitrogen and oxygen atoms in total. The second kappa shape index (κ2) is 6.68. The Morgan fingerprint density at radius 2 is 2.15 bits per heavy atom. The van der Waals surface area contributed by atoms with Gasteiger partial charge in [0.05, 0.1) is 5.92 Å². The summed E-state index contributed by atoms with van der Waals surface area (Å²) in [6.07, 6.45) is 5.48. The topological polar surface area (TPSA) is 75.1 Å². The van der Waals surface area contributed by atoms with Crippen LogP contribution in [0.5, 0.6) is 0 Å². The molecule has 1 heterocycles. The second-order valence-corrected chi connectivity index (χ2v) is 5.85. The van der Waals surface area contributed by atoms with Gasteiger partial charge in [0.2, 0.25) is 0 Å². The van der Waals surface area contributed by atoms with Crippen LogP contribution < -0.4 is 5.32 Å². The van der Waals surface area contributed by atoms with Crippen LogP contribution in [-0.4, -0.2) is 27.6 Å². The first kappa shape index (κ1) is 14.8. The smallest absolute Gasteiger partial charge is 0.306 e. The SMILES string of the molecule is CC(C)c1cc(NCC2CCCCC2C(=O)O)ncn1. The summed E-state index contributed by atoms with van der Waals surface area (Å²) < 4.78 is 0. The molecule has 1 aliphatic rings. The van der Waals surface area contributed by atoms with Gasteiger partial charge in [0.15, 0.2) is 0 Å². The van der Waals surface area contributed by atoms with Gasteiger partial charge in [-0.2, -0.15) is 0 Å². The van der Waals surface area contributed by atoms with Crippen LogP contribution in [-0.2, 0) is 4.79 Å². The van der Waals surface area contributed by atoms with Gasteiger partial charge in [0.1, 0.15) is 12.1 Å². The highest BCUT2D eigenvalue weighted by molar-refractivity contribution is 5.70. The average molecular weight is 277 g/mol. The molecule has 2 unspecified atom stereocenters. The van der Waals surface area contributed by atoms with Gasteiger partial charge >= 0.3 is 5.97 Å². The minimum Gasteiger partial charge on any atom is -0.481 e. The van der Waals surface area contributed by atoms with Crippen LogP contribution in [0.3, 0.4) is 0 Å². The lowest BCUT2D eigenvalue weighted by Crippen LogP contribution is -2.31. The van der Waals surface area contributed by atoms with E-state index >= 15 is 0 Å². The van der Waals surface area contributed by atoms with Crippen molar-refractivity contribution in [2.45, 2.75) is 45.4 Å². The molecule has 1 aromatic rings. The third kappa shape index (κ3) is 3.68. The standard InChI is InChI=1S/C15H23N3O2/c1-10(2)13-7-14(18-9-17-13)16-8-11-5-3-4-6-12(11)15(19)20/h7,9-12H,3-6,8H2,1-2H3,(H,19,20)(H,16,17,18). The number of rotatable bonds is 5. The van der Waals surface area contributed by atoms with Crippen LogP contribution in [0.1, 0.15) is 51.1 Å². The number of nitrogens with one attached hydrogen (secondary N) is 1. The Morgan fingerprint density at radius 3 is 2.85 bits per heavy atom. The molecule has 0 aliphatic heterocycles. The van der Waals surface area contributed by atoms with Crippen molar-refractivity contribution in [2.24, 2.45) is 11.8 Å². The molecule has 0 amide bonds. The van der Waals surface area contributed by atoms with E-state index in [0.29, 0.717) is 12.5 Å². The molecule has 110 valence electrons. The van der Waals surface area contributed by atoms with Gasteiger partial charge in [-0.25, -0.2) is 9.97 Å². The van der Waals surface area contributed by atoms with Crippen LogP contribution in [0.4, 0.5) is 5.82 Å². The van der Waals surface area contributed by atoms with E-state index in [1.807, 2.05) is 6.07 Å². The van der Waals surface area contributed by atoms with Crippen molar-refractivity contribution < 1.29 is 9.90 Å². The summed E-state index contributed by atoms with van der Waals surface area (Å²) in [6, 6.07) is 1.95. The fraction of sp³-hybridized carbons (Fsp3) is 0.667. The van der Waals surface area contributed by atoms with E-state index in [9.17, 15) is 9.90 Å². The maximum atomic E-state index is 11.3. The highest BCUT2D eigenvalue weighted by atomic mass is 16.4. The number of aliphatic carboxylic acids is 1. The third-order valence-electron chi connectivity index (χ3n) is 4.05. The van der Waals surface area contributed by atoms with Gasteiger partial charge in [0.25, 0.3) is 0 Å². The van der Waals surface area contributed by atoms with E-state index in [-0.39, 0.29) is 11.8 Å². The summed E-state index contributed by atoms with van der Waals surface area (Å²) in [4.78, 5) is 19.7.